The standard InChI is InChI=1S/C39H52FN11O2.C7H4ClNO.2C2H6/c1-38(2)23-39(3,4)36(38)46-35(53)27-19-43-37(44-20-27)49-13-8-28(9-14-49)50-15-10-29(21-50)51-33-11-12-48(24-52)22-30(33)34(47-51)45-32-7-6-25(16-31(32)40)26(17-41)18-42-5;8-7-3-6(10)2-1-5(7)4-9;2*1-2/h6-7,16-20,24,28-29,36H,8-15,21-23,41H2,1-5H3,(H,45,47)(H,46,53);1-3,10H;2*1-2H3/b26-17+,42-18?;;;. The summed E-state index contributed by atoms with van der Waals surface area (Å²) in [5, 5.41) is 29.0. The summed E-state index contributed by atoms with van der Waals surface area (Å²) in [6.07, 6.45) is 11.9. The first-order chi connectivity index (χ1) is 32.1. The first-order valence-electron chi connectivity index (χ1n) is 23.4. The lowest BCUT2D eigenvalue weighted by Gasteiger charge is -2.57. The number of likely N-dealkylation sites (tertiary alicyclic amines) is 1. The fourth-order valence-electron chi connectivity index (χ4n) is 10.1. The van der Waals surface area contributed by atoms with Crippen LogP contribution in [0.2, 0.25) is 5.02 Å². The number of nitrogens with zero attached hydrogens (tertiary/aromatic N) is 9. The van der Waals surface area contributed by atoms with E-state index in [4.69, 9.17) is 32.8 Å². The monoisotopic (exact) mass is 939 g/mol. The van der Waals surface area contributed by atoms with E-state index in [0.717, 1.165) is 69.5 Å². The van der Waals surface area contributed by atoms with E-state index in [1.165, 1.54) is 30.5 Å². The maximum absolute atomic E-state index is 15.4. The number of allylic oxidation sites excluding steroid dienone is 1. The number of aromatic hydroxyl groups is 1. The maximum Gasteiger partial charge on any atom is 0.254 e. The van der Waals surface area contributed by atoms with Crippen molar-refractivity contribution < 1.29 is 19.1 Å². The highest BCUT2D eigenvalue weighted by Crippen LogP contribution is 2.53. The summed E-state index contributed by atoms with van der Waals surface area (Å²) in [4.78, 5) is 44.5. The van der Waals surface area contributed by atoms with Crippen LogP contribution in [0.15, 0.2) is 60.0 Å². The van der Waals surface area contributed by atoms with Crippen LogP contribution in [0.4, 0.5) is 21.8 Å². The van der Waals surface area contributed by atoms with Crippen LogP contribution < -0.4 is 21.3 Å². The summed E-state index contributed by atoms with van der Waals surface area (Å²) in [6, 6.07) is 11.7. The number of rotatable bonds is 10. The lowest BCUT2D eigenvalue weighted by atomic mass is 9.52. The summed E-state index contributed by atoms with van der Waals surface area (Å²) in [5.74, 6) is 0.761. The van der Waals surface area contributed by atoms with Crippen LogP contribution in [0.3, 0.4) is 0 Å². The van der Waals surface area contributed by atoms with E-state index in [1.807, 2.05) is 33.8 Å². The number of phenolic OH excluding ortho intramolecular Hbond substituents is 1. The molecule has 0 radical (unpaired) electrons. The third-order valence-corrected chi connectivity index (χ3v) is 13.1. The van der Waals surface area contributed by atoms with Crippen LogP contribution in [0, 0.1) is 28.0 Å². The van der Waals surface area contributed by atoms with Gasteiger partial charge in [-0.1, -0.05) is 73.1 Å². The van der Waals surface area contributed by atoms with Gasteiger partial charge in [-0.2, -0.15) is 10.4 Å². The fraction of sp³-hybridized carbons (Fsp3) is 0.500. The maximum atomic E-state index is 15.4. The second-order valence-corrected chi connectivity index (χ2v) is 18.5. The molecule has 4 aliphatic rings. The smallest absolute Gasteiger partial charge is 0.254 e. The highest BCUT2D eigenvalue weighted by atomic mass is 35.5. The number of phenols is 1. The number of benzene rings is 2. The van der Waals surface area contributed by atoms with E-state index < -0.39 is 5.82 Å². The second kappa shape index (κ2) is 23.1. The van der Waals surface area contributed by atoms with E-state index >= 15 is 4.39 Å². The Morgan fingerprint density at radius 2 is 1.66 bits per heavy atom. The molecular weight excluding hydrogens is 871 g/mol. The number of nitrogens with one attached hydrogen (secondary N) is 2. The summed E-state index contributed by atoms with van der Waals surface area (Å²) < 4.78 is 17.5. The molecule has 0 spiro atoms. The van der Waals surface area contributed by atoms with Gasteiger partial charge in [0.15, 0.2) is 5.82 Å². The molecule has 5 heterocycles. The number of fused-ring (bicyclic) bond motifs is 1. The van der Waals surface area contributed by atoms with Gasteiger partial charge >= 0.3 is 0 Å². The third kappa shape index (κ3) is 12.1. The molecule has 3 aliphatic heterocycles. The predicted octanol–water partition coefficient (Wildman–Crippen LogP) is 8.51. The summed E-state index contributed by atoms with van der Waals surface area (Å²) in [5.41, 5.74) is 10.3. The Labute approximate surface area is 400 Å². The van der Waals surface area contributed by atoms with Crippen molar-refractivity contribution in [2.45, 2.75) is 112 Å². The van der Waals surface area contributed by atoms with Gasteiger partial charge in [0.1, 0.15) is 17.6 Å². The molecule has 5 N–H and O–H groups in total. The number of amides is 2. The Kier molecular flexibility index (Phi) is 17.9. The highest BCUT2D eigenvalue weighted by Gasteiger charge is 2.53. The number of nitriles is 1. The molecule has 8 rings (SSSR count). The Morgan fingerprint density at radius 1 is 0.985 bits per heavy atom. The number of piperidine rings is 1. The molecule has 2 aromatic carbocycles. The molecule has 0 bridgehead atoms. The lowest BCUT2D eigenvalue weighted by molar-refractivity contribution is -0.118. The Morgan fingerprint density at radius 3 is 2.24 bits per heavy atom. The van der Waals surface area contributed by atoms with Crippen LogP contribution >= 0.6 is 11.6 Å². The molecule has 17 heteroatoms. The number of halogens is 2. The van der Waals surface area contributed by atoms with Crippen LogP contribution in [0.5, 0.6) is 5.75 Å². The van der Waals surface area contributed by atoms with Crippen LogP contribution in [-0.4, -0.2) is 105 Å². The molecule has 1 unspecified atom stereocenters. The van der Waals surface area contributed by atoms with Crippen molar-refractivity contribution >= 4 is 53.2 Å². The van der Waals surface area contributed by atoms with Crippen molar-refractivity contribution in [3.63, 3.8) is 0 Å². The number of nitrogens with two attached hydrogens (primary N) is 1. The molecule has 1 aliphatic carbocycles. The first kappa shape index (κ1) is 51.9. The first-order valence-corrected chi connectivity index (χ1v) is 23.7. The molecule has 3 fully saturated rings. The number of carbonyl (C=O) groups is 2. The topological polar surface area (TPSA) is 194 Å². The van der Waals surface area contributed by atoms with Crippen molar-refractivity contribution in [3.8, 4) is 11.8 Å². The molecule has 2 amide bonds. The Hall–Kier alpha value is -6.05. The zero-order valence-corrected chi connectivity index (χ0v) is 41.2. The SMILES string of the molecule is CC.CC.CN=C/C(=C\N)c1ccc(Nc2nn(C3CCN(C4CCN(c5ncc(C(=O)NC6C(C)(C)CC6(C)C)cn5)CC4)C3)c3c2CN(C=O)CC3)c(F)c1.N#Cc1ccc(O)cc1Cl. The van der Waals surface area contributed by atoms with Crippen LogP contribution in [0.1, 0.15) is 120 Å². The van der Waals surface area contributed by atoms with Gasteiger partial charge in [0.2, 0.25) is 12.4 Å². The van der Waals surface area contributed by atoms with Crippen molar-refractivity contribution in [2.75, 3.05) is 50.0 Å². The van der Waals surface area contributed by atoms with E-state index in [9.17, 15) is 9.59 Å². The minimum Gasteiger partial charge on any atom is -0.508 e. The predicted molar refractivity (Wildman–Crippen MR) is 265 cm³/mol. The van der Waals surface area contributed by atoms with Gasteiger partial charge < -0.3 is 31.3 Å². The molecule has 1 atom stereocenters. The van der Waals surface area contributed by atoms with Crippen LogP contribution in [0.25, 0.3) is 5.57 Å². The zero-order valence-electron chi connectivity index (χ0n) is 40.5. The molecule has 360 valence electrons. The number of anilines is 3. The van der Waals surface area contributed by atoms with Gasteiger partial charge in [-0.25, -0.2) is 14.4 Å². The van der Waals surface area contributed by atoms with Crippen LogP contribution in [-0.2, 0) is 17.8 Å². The van der Waals surface area contributed by atoms with E-state index in [1.54, 1.807) is 42.7 Å². The van der Waals surface area contributed by atoms with E-state index in [-0.39, 0.29) is 39.6 Å². The normalized spacial score (nSPS) is 19.0. The molecule has 4 aromatic rings. The van der Waals surface area contributed by atoms with Crippen molar-refractivity contribution in [2.24, 2.45) is 21.6 Å². The molecular formula is C50H68ClFN12O3. The lowest BCUT2D eigenvalue weighted by Crippen LogP contribution is -2.63. The minimum absolute atomic E-state index is 0.0729. The molecule has 2 aromatic heterocycles. The molecule has 1 saturated carbocycles. The number of hydrogen-bond acceptors (Lipinski definition) is 12. The average Bonchev–Trinajstić information content (AvgIpc) is 3.97. The average molecular weight is 940 g/mol. The molecule has 67 heavy (non-hydrogen) atoms. The zero-order chi connectivity index (χ0) is 49.1. The number of carbonyl (C=O) groups excluding carboxylic acids is 2. The van der Waals surface area contributed by atoms with Gasteiger partial charge in [0.05, 0.1) is 34.4 Å². The minimum atomic E-state index is -0.430. The van der Waals surface area contributed by atoms with Gasteiger partial charge in [-0.05, 0) is 72.4 Å². The van der Waals surface area contributed by atoms with Crippen molar-refractivity contribution in [1.29, 1.82) is 5.26 Å². The summed E-state index contributed by atoms with van der Waals surface area (Å²) in [7, 11) is 1.64. The van der Waals surface area contributed by atoms with E-state index in [2.05, 4.69) is 67.8 Å². The number of aromatic nitrogens is 4. The second-order valence-electron chi connectivity index (χ2n) is 18.1. The third-order valence-electron chi connectivity index (χ3n) is 12.8. The highest BCUT2D eigenvalue weighted by molar-refractivity contribution is 6.31. The molecule has 15 nitrogen and oxygen atoms in total. The number of aliphatic imine (C=N–C) groups is 1. The van der Waals surface area contributed by atoms with Crippen molar-refractivity contribution in [1.82, 2.24) is 34.9 Å². The van der Waals surface area contributed by atoms with Gasteiger partial charge in [-0.3, -0.25) is 24.2 Å². The van der Waals surface area contributed by atoms with E-state index in [0.29, 0.717) is 65.3 Å². The number of hydrogen-bond donors (Lipinski definition) is 4. The fourth-order valence-corrected chi connectivity index (χ4v) is 10.3. The Bertz CT molecular complexity index is 2410. The summed E-state index contributed by atoms with van der Waals surface area (Å²) >= 11 is 5.55. The van der Waals surface area contributed by atoms with Gasteiger partial charge in [0, 0.05) is 99.9 Å². The van der Waals surface area contributed by atoms with Crippen molar-refractivity contribution in [3.05, 3.63) is 93.8 Å². The van der Waals surface area contributed by atoms with Gasteiger partial charge in [0.25, 0.3) is 5.91 Å². The largest absolute Gasteiger partial charge is 0.508 e. The quantitative estimate of drug-likeness (QED) is 0.0880. The summed E-state index contributed by atoms with van der Waals surface area (Å²) in [6.45, 7) is 21.4. The van der Waals surface area contributed by atoms with Gasteiger partial charge in [-0.15, -0.1) is 0 Å². The Balaban J connectivity index is 0.000000523. The molecule has 2 saturated heterocycles.